The number of thiazole rings is 1. The van der Waals surface area contributed by atoms with Gasteiger partial charge < -0.3 is 19.5 Å². The number of ether oxygens (including phenoxy) is 3. The highest BCUT2D eigenvalue weighted by atomic mass is 35.5. The second kappa shape index (κ2) is 8.08. The van der Waals surface area contributed by atoms with Crippen LogP contribution in [0.15, 0.2) is 41.8 Å². The van der Waals surface area contributed by atoms with Crippen LogP contribution in [0.2, 0.25) is 5.02 Å². The topological polar surface area (TPSA) is 69.7 Å². The van der Waals surface area contributed by atoms with E-state index in [1.165, 1.54) is 11.3 Å². The zero-order chi connectivity index (χ0) is 19.5. The minimum Gasteiger partial charge on any atom is -0.495 e. The van der Waals surface area contributed by atoms with E-state index >= 15 is 0 Å². The summed E-state index contributed by atoms with van der Waals surface area (Å²) < 4.78 is 16.2. The molecule has 0 saturated heterocycles. The van der Waals surface area contributed by atoms with Crippen LogP contribution in [0.1, 0.15) is 5.56 Å². The summed E-state index contributed by atoms with van der Waals surface area (Å²) in [4.78, 5) is 16.9. The van der Waals surface area contributed by atoms with E-state index in [9.17, 15) is 4.79 Å². The molecule has 144 valence electrons. The number of carbonyl (C=O) groups is 1. The molecule has 2 aromatic carbocycles. The van der Waals surface area contributed by atoms with E-state index in [0.29, 0.717) is 40.6 Å². The molecule has 1 amide bonds. The number of benzene rings is 2. The van der Waals surface area contributed by atoms with Gasteiger partial charge in [0.1, 0.15) is 19.0 Å². The lowest BCUT2D eigenvalue weighted by molar-refractivity contribution is -0.115. The van der Waals surface area contributed by atoms with E-state index in [2.05, 4.69) is 10.3 Å². The average molecular weight is 417 g/mol. The van der Waals surface area contributed by atoms with E-state index in [-0.39, 0.29) is 12.3 Å². The minimum absolute atomic E-state index is 0.148. The molecule has 1 aliphatic heterocycles. The third-order valence-corrected chi connectivity index (χ3v) is 5.22. The number of nitrogens with zero attached hydrogens (tertiary/aromatic N) is 1. The fraction of sp³-hybridized carbons (Fsp3) is 0.200. The van der Waals surface area contributed by atoms with Crippen molar-refractivity contribution in [2.24, 2.45) is 0 Å². The molecule has 1 N–H and O–H groups in total. The van der Waals surface area contributed by atoms with Gasteiger partial charge in [0.25, 0.3) is 0 Å². The van der Waals surface area contributed by atoms with Crippen molar-refractivity contribution in [3.63, 3.8) is 0 Å². The molecule has 0 saturated carbocycles. The molecule has 0 unspecified atom stereocenters. The number of fused-ring (bicyclic) bond motifs is 1. The van der Waals surface area contributed by atoms with Crippen LogP contribution in [-0.2, 0) is 11.2 Å². The van der Waals surface area contributed by atoms with Crippen LogP contribution in [0.3, 0.4) is 0 Å². The van der Waals surface area contributed by atoms with Crippen LogP contribution >= 0.6 is 22.9 Å². The molecule has 3 aromatic rings. The number of halogens is 1. The van der Waals surface area contributed by atoms with Gasteiger partial charge in [-0.1, -0.05) is 17.7 Å². The molecule has 0 radical (unpaired) electrons. The Balaban J connectivity index is 1.42. The first-order valence-corrected chi connectivity index (χ1v) is 9.86. The Bertz CT molecular complexity index is 1020. The second-order valence-corrected chi connectivity index (χ2v) is 7.36. The predicted octanol–water partition coefficient (Wildman–Crippen LogP) is 4.42. The van der Waals surface area contributed by atoms with Gasteiger partial charge in [-0.25, -0.2) is 4.98 Å². The van der Waals surface area contributed by atoms with Gasteiger partial charge in [0.15, 0.2) is 16.6 Å². The molecule has 0 bridgehead atoms. The van der Waals surface area contributed by atoms with Crippen LogP contribution in [0, 0.1) is 0 Å². The number of rotatable bonds is 5. The van der Waals surface area contributed by atoms with Crippen molar-refractivity contribution in [1.82, 2.24) is 4.98 Å². The van der Waals surface area contributed by atoms with Gasteiger partial charge >= 0.3 is 0 Å². The fourth-order valence-corrected chi connectivity index (χ4v) is 3.83. The molecule has 4 rings (SSSR count). The first-order chi connectivity index (χ1) is 13.6. The minimum atomic E-state index is -0.148. The van der Waals surface area contributed by atoms with Crippen molar-refractivity contribution in [3.05, 3.63) is 52.4 Å². The Labute approximate surface area is 171 Å². The smallest absolute Gasteiger partial charge is 0.230 e. The first-order valence-electron chi connectivity index (χ1n) is 8.60. The largest absolute Gasteiger partial charge is 0.495 e. The normalized spacial score (nSPS) is 12.5. The highest BCUT2D eigenvalue weighted by Gasteiger charge is 2.14. The van der Waals surface area contributed by atoms with Crippen molar-refractivity contribution in [1.29, 1.82) is 0 Å². The summed E-state index contributed by atoms with van der Waals surface area (Å²) in [6, 6.07) is 11.0. The molecule has 1 aromatic heterocycles. The summed E-state index contributed by atoms with van der Waals surface area (Å²) in [5.74, 6) is 1.83. The van der Waals surface area contributed by atoms with Gasteiger partial charge in [-0.3, -0.25) is 4.79 Å². The molecule has 28 heavy (non-hydrogen) atoms. The van der Waals surface area contributed by atoms with Gasteiger partial charge in [-0.2, -0.15) is 0 Å². The Morgan fingerprint density at radius 2 is 2.04 bits per heavy atom. The summed E-state index contributed by atoms with van der Waals surface area (Å²) in [5, 5.41) is 5.75. The lowest BCUT2D eigenvalue weighted by Gasteiger charge is -2.18. The molecule has 2 heterocycles. The molecular weight excluding hydrogens is 400 g/mol. The zero-order valence-corrected chi connectivity index (χ0v) is 16.6. The van der Waals surface area contributed by atoms with Crippen molar-refractivity contribution in [2.45, 2.75) is 6.42 Å². The van der Waals surface area contributed by atoms with E-state index in [4.69, 9.17) is 25.8 Å². The second-order valence-electron chi connectivity index (χ2n) is 6.09. The fourth-order valence-electron chi connectivity index (χ4n) is 2.84. The van der Waals surface area contributed by atoms with Crippen molar-refractivity contribution in [2.75, 3.05) is 25.6 Å². The third-order valence-electron chi connectivity index (χ3n) is 4.17. The maximum Gasteiger partial charge on any atom is 0.230 e. The summed E-state index contributed by atoms with van der Waals surface area (Å²) in [6.07, 6.45) is 0.222. The van der Waals surface area contributed by atoms with Gasteiger partial charge in [-0.15, -0.1) is 11.3 Å². The Morgan fingerprint density at radius 3 is 2.82 bits per heavy atom. The molecule has 0 fully saturated rings. The first kappa shape index (κ1) is 18.6. The number of hydrogen-bond donors (Lipinski definition) is 1. The Morgan fingerprint density at radius 1 is 1.21 bits per heavy atom. The van der Waals surface area contributed by atoms with Gasteiger partial charge in [-0.05, 0) is 35.9 Å². The monoisotopic (exact) mass is 416 g/mol. The SMILES string of the molecule is COc1ccc(-c2csc(NC(=O)Cc3ccc4c(c3)OCCO4)n2)cc1Cl. The van der Waals surface area contributed by atoms with Crippen LogP contribution in [-0.4, -0.2) is 31.2 Å². The summed E-state index contributed by atoms with van der Waals surface area (Å²) in [5.41, 5.74) is 2.44. The van der Waals surface area contributed by atoms with Crippen LogP contribution in [0.4, 0.5) is 5.13 Å². The molecule has 0 spiro atoms. The Kier molecular flexibility index (Phi) is 5.36. The van der Waals surface area contributed by atoms with E-state index in [1.54, 1.807) is 19.2 Å². The van der Waals surface area contributed by atoms with Crippen LogP contribution in [0.25, 0.3) is 11.3 Å². The van der Waals surface area contributed by atoms with E-state index in [0.717, 1.165) is 16.8 Å². The molecule has 0 atom stereocenters. The number of methoxy groups -OCH3 is 1. The number of carbonyl (C=O) groups excluding carboxylic acids is 1. The number of anilines is 1. The van der Waals surface area contributed by atoms with Gasteiger partial charge in [0, 0.05) is 10.9 Å². The molecule has 6 nitrogen and oxygen atoms in total. The zero-order valence-electron chi connectivity index (χ0n) is 15.0. The van der Waals surface area contributed by atoms with Crippen molar-refractivity contribution >= 4 is 34.0 Å². The van der Waals surface area contributed by atoms with E-state index < -0.39 is 0 Å². The predicted molar refractivity (Wildman–Crippen MR) is 109 cm³/mol. The van der Waals surface area contributed by atoms with Crippen LogP contribution < -0.4 is 19.5 Å². The number of amides is 1. The maximum atomic E-state index is 12.4. The van der Waals surface area contributed by atoms with Crippen molar-refractivity contribution < 1.29 is 19.0 Å². The quantitative estimate of drug-likeness (QED) is 0.666. The Hall–Kier alpha value is -2.77. The van der Waals surface area contributed by atoms with Crippen LogP contribution in [0.5, 0.6) is 17.2 Å². The lowest BCUT2D eigenvalue weighted by atomic mass is 10.1. The lowest BCUT2D eigenvalue weighted by Crippen LogP contribution is -2.17. The summed E-state index contributed by atoms with van der Waals surface area (Å²) in [6.45, 7) is 1.05. The number of nitrogens with one attached hydrogen (secondary N) is 1. The highest BCUT2D eigenvalue weighted by Crippen LogP contribution is 2.32. The molecule has 0 aliphatic carbocycles. The third kappa shape index (κ3) is 4.05. The molecule has 1 aliphatic rings. The van der Waals surface area contributed by atoms with E-state index in [1.807, 2.05) is 29.6 Å². The maximum absolute atomic E-state index is 12.4. The summed E-state index contributed by atoms with van der Waals surface area (Å²) >= 11 is 7.53. The number of hydrogen-bond acceptors (Lipinski definition) is 6. The van der Waals surface area contributed by atoms with Gasteiger partial charge in [0.2, 0.25) is 5.91 Å². The average Bonchev–Trinajstić information content (AvgIpc) is 3.16. The van der Waals surface area contributed by atoms with Crippen molar-refractivity contribution in [3.8, 4) is 28.5 Å². The molecular formula is C20H17ClN2O4S. The number of aromatic nitrogens is 1. The molecule has 8 heteroatoms. The van der Waals surface area contributed by atoms with Gasteiger partial charge in [0.05, 0.1) is 24.2 Å². The summed E-state index contributed by atoms with van der Waals surface area (Å²) in [7, 11) is 1.57. The highest BCUT2D eigenvalue weighted by molar-refractivity contribution is 7.14. The standard InChI is InChI=1S/C20H17ClN2O4S/c1-25-16-5-3-13(10-14(16)21)15-11-28-20(22-15)23-19(24)9-12-2-4-17-18(8-12)27-7-6-26-17/h2-5,8,10-11H,6-7,9H2,1H3,(H,22,23,24).